The minimum absolute atomic E-state index is 0.00893. The molecule has 1 saturated carbocycles. The molecule has 2 saturated heterocycles. The van der Waals surface area contributed by atoms with Crippen LogP contribution in [0.2, 0.25) is 0 Å². The summed E-state index contributed by atoms with van der Waals surface area (Å²) in [6.07, 6.45) is 5.68. The molecule has 3 heterocycles. The highest BCUT2D eigenvalue weighted by atomic mass is 16.5. The summed E-state index contributed by atoms with van der Waals surface area (Å²) in [6, 6.07) is 11.4. The Kier molecular flexibility index (Phi) is 6.78. The quantitative estimate of drug-likeness (QED) is 0.701. The number of nitrogens with zero attached hydrogens (tertiary/aromatic N) is 5. The lowest BCUT2D eigenvalue weighted by atomic mass is 9.66. The Hall–Kier alpha value is -2.91. The van der Waals surface area contributed by atoms with Crippen molar-refractivity contribution in [3.05, 3.63) is 58.6 Å². The summed E-state index contributed by atoms with van der Waals surface area (Å²) < 4.78 is 7.26. The fraction of sp³-hybridized carbons (Fsp3) is 0.593. The van der Waals surface area contributed by atoms with Crippen LogP contribution >= 0.6 is 0 Å². The average Bonchev–Trinajstić information content (AvgIpc) is 3.37. The van der Waals surface area contributed by atoms with Gasteiger partial charge in [0.25, 0.3) is 5.56 Å². The summed E-state index contributed by atoms with van der Waals surface area (Å²) in [5, 5.41) is 12.0. The van der Waals surface area contributed by atoms with Gasteiger partial charge in [-0.2, -0.15) is 0 Å². The van der Waals surface area contributed by atoms with Gasteiger partial charge in [0.05, 0.1) is 37.7 Å². The monoisotopic (exact) mass is 495 g/mol. The number of amides is 2. The van der Waals surface area contributed by atoms with Crippen LogP contribution in [-0.2, 0) is 11.3 Å². The molecule has 2 aromatic rings. The van der Waals surface area contributed by atoms with Crippen molar-refractivity contribution in [2.45, 2.75) is 50.3 Å². The Labute approximate surface area is 212 Å². The summed E-state index contributed by atoms with van der Waals surface area (Å²) >= 11 is 0. The van der Waals surface area contributed by atoms with Gasteiger partial charge in [0.2, 0.25) is 0 Å². The molecule has 0 bridgehead atoms. The van der Waals surface area contributed by atoms with Crippen molar-refractivity contribution in [3.8, 4) is 0 Å². The number of carbonyl (C=O) groups excluding carboxylic acids is 1. The van der Waals surface area contributed by atoms with Crippen LogP contribution in [0.15, 0.2) is 47.5 Å². The van der Waals surface area contributed by atoms with Crippen molar-refractivity contribution in [2.24, 2.45) is 5.41 Å². The Morgan fingerprint density at radius 2 is 1.92 bits per heavy atom. The largest absolute Gasteiger partial charge is 0.387 e. The van der Waals surface area contributed by atoms with E-state index in [0.29, 0.717) is 45.1 Å². The number of urea groups is 1. The van der Waals surface area contributed by atoms with Gasteiger partial charge >= 0.3 is 6.03 Å². The van der Waals surface area contributed by atoms with Gasteiger partial charge in [0, 0.05) is 45.2 Å². The number of carbonyl (C=O) groups is 1. The summed E-state index contributed by atoms with van der Waals surface area (Å²) in [5.74, 6) is 0.595. The highest BCUT2D eigenvalue weighted by Crippen LogP contribution is 2.51. The van der Waals surface area contributed by atoms with Crippen molar-refractivity contribution in [3.63, 3.8) is 0 Å². The first kappa shape index (κ1) is 24.8. The van der Waals surface area contributed by atoms with E-state index in [1.54, 1.807) is 4.90 Å². The number of aliphatic hydroxyl groups is 1. The topological polar surface area (TPSA) is 91.1 Å². The molecule has 2 aliphatic heterocycles. The summed E-state index contributed by atoms with van der Waals surface area (Å²) in [4.78, 5) is 36.7. The fourth-order valence-corrected chi connectivity index (χ4v) is 6.29. The smallest absolute Gasteiger partial charge is 0.320 e. The lowest BCUT2D eigenvalue weighted by molar-refractivity contribution is -0.137. The van der Waals surface area contributed by atoms with Crippen LogP contribution in [0, 0.1) is 5.41 Å². The van der Waals surface area contributed by atoms with E-state index in [0.717, 1.165) is 31.2 Å². The third-order valence-electron chi connectivity index (χ3n) is 8.42. The number of likely N-dealkylation sites (tertiary alicyclic amines) is 1. The number of anilines is 1. The zero-order valence-electron chi connectivity index (χ0n) is 21.3. The molecule has 0 radical (unpaired) electrons. The Morgan fingerprint density at radius 3 is 2.61 bits per heavy atom. The Balaban J connectivity index is 1.37. The van der Waals surface area contributed by atoms with Gasteiger partial charge in [-0.15, -0.1) is 0 Å². The minimum Gasteiger partial charge on any atom is -0.387 e. The van der Waals surface area contributed by atoms with E-state index in [2.05, 4.69) is 4.98 Å². The highest BCUT2D eigenvalue weighted by Gasteiger charge is 2.56. The third-order valence-corrected chi connectivity index (χ3v) is 8.42. The number of aromatic nitrogens is 2. The summed E-state index contributed by atoms with van der Waals surface area (Å²) in [7, 11) is 3.69. The first-order chi connectivity index (χ1) is 17.3. The van der Waals surface area contributed by atoms with E-state index in [1.165, 1.54) is 17.0 Å². The molecule has 1 N–H and O–H groups in total. The third kappa shape index (κ3) is 4.50. The zero-order valence-corrected chi connectivity index (χ0v) is 21.3. The normalized spacial score (nSPS) is 25.8. The molecule has 1 spiro atoms. The van der Waals surface area contributed by atoms with Crippen LogP contribution in [0.4, 0.5) is 10.6 Å². The molecule has 2 atom stereocenters. The number of piperidine rings is 1. The number of ether oxygens (including phenoxy) is 1. The Bertz CT molecular complexity index is 1130. The number of morpholine rings is 1. The second-order valence-corrected chi connectivity index (χ2v) is 10.8. The van der Waals surface area contributed by atoms with Gasteiger partial charge in [-0.3, -0.25) is 9.36 Å². The lowest BCUT2D eigenvalue weighted by Gasteiger charge is -2.53. The molecule has 3 fully saturated rings. The molecular formula is C27H37N5O4. The maximum absolute atomic E-state index is 13.8. The first-order valence-electron chi connectivity index (χ1n) is 13.0. The molecule has 0 unspecified atom stereocenters. The molecule has 1 aromatic carbocycles. The van der Waals surface area contributed by atoms with Crippen LogP contribution < -0.4 is 10.5 Å². The molecule has 1 aromatic heterocycles. The highest BCUT2D eigenvalue weighted by molar-refractivity contribution is 5.75. The average molecular weight is 496 g/mol. The molecule has 1 aliphatic carbocycles. The molecule has 9 heteroatoms. The SMILES string of the molecule is CN(C)c1cc(=O)n(C[C@]2(O)CCN(C(=O)N3CCOC[C@H]3c3ccccc3)CC23CCCC3)cn1. The predicted octanol–water partition coefficient (Wildman–Crippen LogP) is 2.50. The number of benzene rings is 1. The van der Waals surface area contributed by atoms with E-state index in [9.17, 15) is 14.7 Å². The van der Waals surface area contributed by atoms with Crippen LogP contribution in [-0.4, -0.2) is 83.0 Å². The fourth-order valence-electron chi connectivity index (χ4n) is 6.29. The Morgan fingerprint density at radius 1 is 1.17 bits per heavy atom. The molecule has 3 aliphatic rings. The van der Waals surface area contributed by atoms with Gasteiger partial charge in [-0.25, -0.2) is 9.78 Å². The van der Waals surface area contributed by atoms with E-state index >= 15 is 0 Å². The number of hydrogen-bond acceptors (Lipinski definition) is 6. The molecule has 36 heavy (non-hydrogen) atoms. The lowest BCUT2D eigenvalue weighted by Crippen LogP contribution is -2.64. The van der Waals surface area contributed by atoms with Crippen molar-refractivity contribution in [1.29, 1.82) is 0 Å². The maximum Gasteiger partial charge on any atom is 0.320 e. The summed E-state index contributed by atoms with van der Waals surface area (Å²) in [6.45, 7) is 2.70. The van der Waals surface area contributed by atoms with E-state index in [-0.39, 0.29) is 24.2 Å². The maximum atomic E-state index is 13.8. The second kappa shape index (κ2) is 9.86. The van der Waals surface area contributed by atoms with Crippen LogP contribution in [0.5, 0.6) is 0 Å². The molecule has 5 rings (SSSR count). The van der Waals surface area contributed by atoms with Crippen LogP contribution in [0.25, 0.3) is 0 Å². The van der Waals surface area contributed by atoms with Gasteiger partial charge in [-0.1, -0.05) is 43.2 Å². The van der Waals surface area contributed by atoms with Crippen LogP contribution in [0.3, 0.4) is 0 Å². The van der Waals surface area contributed by atoms with Crippen molar-refractivity contribution >= 4 is 11.8 Å². The molecule has 2 amide bonds. The van der Waals surface area contributed by atoms with Gasteiger partial charge in [0.1, 0.15) is 5.82 Å². The van der Waals surface area contributed by atoms with E-state index in [1.807, 2.05) is 54.2 Å². The summed E-state index contributed by atoms with van der Waals surface area (Å²) in [5.41, 5.74) is -0.611. The van der Waals surface area contributed by atoms with Crippen LogP contribution in [0.1, 0.15) is 43.7 Å². The molecular weight excluding hydrogens is 458 g/mol. The van der Waals surface area contributed by atoms with E-state index < -0.39 is 11.0 Å². The van der Waals surface area contributed by atoms with Gasteiger partial charge in [0.15, 0.2) is 0 Å². The van der Waals surface area contributed by atoms with Gasteiger partial charge in [-0.05, 0) is 24.8 Å². The van der Waals surface area contributed by atoms with Crippen molar-refractivity contribution in [1.82, 2.24) is 19.4 Å². The van der Waals surface area contributed by atoms with Gasteiger partial charge < -0.3 is 24.5 Å². The predicted molar refractivity (Wildman–Crippen MR) is 137 cm³/mol. The first-order valence-corrected chi connectivity index (χ1v) is 13.0. The minimum atomic E-state index is -1.07. The molecule has 194 valence electrons. The number of hydrogen-bond donors (Lipinski definition) is 1. The molecule has 9 nitrogen and oxygen atoms in total. The standard InChI is InChI=1S/C27H37N5O4/c1-29(2)23-16-24(33)31(20-28-23)19-27(35)12-13-30(18-26(27)10-6-7-11-26)25(34)32-14-15-36-17-22(32)21-8-4-3-5-9-21/h3-5,8-9,16,20,22,35H,6-7,10-15,17-19H2,1-2H3/t22-,27+/m0/s1. The zero-order chi connectivity index (χ0) is 25.3. The van der Waals surface area contributed by atoms with Crippen molar-refractivity contribution in [2.75, 3.05) is 51.8 Å². The second-order valence-electron chi connectivity index (χ2n) is 10.8. The van der Waals surface area contributed by atoms with E-state index in [4.69, 9.17) is 4.74 Å². The number of rotatable bonds is 4. The van der Waals surface area contributed by atoms with Crippen molar-refractivity contribution < 1.29 is 14.6 Å².